The largest absolute Gasteiger partial charge is 0.460 e. The minimum Gasteiger partial charge on any atom is -0.460 e. The van der Waals surface area contributed by atoms with Gasteiger partial charge in [-0.25, -0.2) is 4.79 Å². The number of ketones is 1. The fourth-order valence-corrected chi connectivity index (χ4v) is 11.7. The van der Waals surface area contributed by atoms with Gasteiger partial charge in [0.1, 0.15) is 6.61 Å². The zero-order valence-electron chi connectivity index (χ0n) is 33.7. The molecule has 7 heteroatoms. The van der Waals surface area contributed by atoms with Gasteiger partial charge in [0.25, 0.3) is 0 Å². The van der Waals surface area contributed by atoms with Gasteiger partial charge in [-0.2, -0.15) is 0 Å². The fraction of sp³-hybridized carbons (Fsp3) is 0.521. The fourth-order valence-electron chi connectivity index (χ4n) is 11.7. The van der Waals surface area contributed by atoms with Crippen LogP contribution >= 0.6 is 0 Å². The third kappa shape index (κ3) is 6.25. The Morgan fingerprint density at radius 2 is 1.44 bits per heavy atom. The third-order valence-electron chi connectivity index (χ3n) is 15.6. The van der Waals surface area contributed by atoms with E-state index in [4.69, 9.17) is 9.47 Å². The Kier molecular flexibility index (Phi) is 9.42. The first-order chi connectivity index (χ1) is 26.2. The van der Waals surface area contributed by atoms with Gasteiger partial charge in [-0.3, -0.25) is 14.5 Å². The normalized spacial score (nSPS) is 34.6. The molecule has 0 bridgehead atoms. The number of nitrogens with zero attached hydrogens (tertiary/aromatic N) is 2. The van der Waals surface area contributed by atoms with Gasteiger partial charge in [0, 0.05) is 43.7 Å². The lowest BCUT2D eigenvalue weighted by Gasteiger charge is -2.70. The molecule has 1 heterocycles. The Morgan fingerprint density at radius 1 is 0.782 bits per heavy atom. The highest BCUT2D eigenvalue weighted by molar-refractivity contribution is 6.08. The Bertz CT molecular complexity index is 2010. The van der Waals surface area contributed by atoms with Crippen molar-refractivity contribution >= 4 is 17.8 Å². The van der Waals surface area contributed by atoms with E-state index < -0.39 is 11.5 Å². The van der Waals surface area contributed by atoms with Crippen molar-refractivity contribution in [3.8, 4) is 0 Å². The number of fused-ring (bicyclic) bond motifs is 7. The summed E-state index contributed by atoms with van der Waals surface area (Å²) >= 11 is 0. The van der Waals surface area contributed by atoms with Crippen molar-refractivity contribution in [2.45, 2.75) is 99.6 Å². The average molecular weight is 743 g/mol. The quantitative estimate of drug-likeness (QED) is 0.275. The molecular formula is C48H58N2O5. The van der Waals surface area contributed by atoms with Crippen molar-refractivity contribution in [3.63, 3.8) is 0 Å². The van der Waals surface area contributed by atoms with Crippen molar-refractivity contribution in [1.82, 2.24) is 9.80 Å². The van der Waals surface area contributed by atoms with E-state index in [-0.39, 0.29) is 39.2 Å². The third-order valence-corrected chi connectivity index (χ3v) is 15.6. The summed E-state index contributed by atoms with van der Waals surface area (Å²) in [5, 5.41) is 0. The summed E-state index contributed by atoms with van der Waals surface area (Å²) in [7, 11) is 0. The molecule has 2 aromatic rings. The Hall–Kier alpha value is -4.23. The molecule has 1 aliphatic heterocycles. The van der Waals surface area contributed by atoms with Crippen molar-refractivity contribution in [3.05, 3.63) is 118 Å². The number of allylic oxidation sites excluding steroid dienone is 7. The molecule has 5 aliphatic carbocycles. The minimum atomic E-state index is -0.529. The van der Waals surface area contributed by atoms with Gasteiger partial charge in [0.2, 0.25) is 5.78 Å². The van der Waals surface area contributed by atoms with Gasteiger partial charge < -0.3 is 14.4 Å². The highest BCUT2D eigenvalue weighted by atomic mass is 16.6. The molecule has 0 unspecified atom stereocenters. The standard InChI is InChI=1S/C48H58N2O5/c1-33-36-17-18-39-46(4,37(36)29-38(51)41(33)55-43(53)50-27-25-49(26-28-50)31-34-13-9-7-10-14-34)22-24-48(6)40-30-45(3,20-19-44(40,2)21-23-47(39,48)5)42(52)54-32-35-15-11-8-12-16-35/h7-18,29,40H,19-28,30-32H2,1-6H3/t40-,44-,45-,46+,47-,48+/m1/s1. The smallest absolute Gasteiger partial charge is 0.415 e. The molecule has 0 spiro atoms. The first-order valence-electron chi connectivity index (χ1n) is 20.5. The highest BCUT2D eigenvalue weighted by Crippen LogP contribution is 2.75. The van der Waals surface area contributed by atoms with Gasteiger partial charge in [0.05, 0.1) is 5.41 Å². The van der Waals surface area contributed by atoms with Crippen LogP contribution in [0.4, 0.5) is 4.79 Å². The highest BCUT2D eigenvalue weighted by Gasteiger charge is 2.67. The van der Waals surface area contributed by atoms with Crippen molar-refractivity contribution in [2.75, 3.05) is 26.2 Å². The van der Waals surface area contributed by atoms with Crippen molar-refractivity contribution in [1.29, 1.82) is 0 Å². The minimum absolute atomic E-state index is 0.0337. The number of hydrogen-bond acceptors (Lipinski definition) is 6. The number of esters is 1. The first-order valence-corrected chi connectivity index (χ1v) is 20.5. The maximum atomic E-state index is 14.0. The molecular weight excluding hydrogens is 685 g/mol. The van der Waals surface area contributed by atoms with Crippen LogP contribution in [0.5, 0.6) is 0 Å². The van der Waals surface area contributed by atoms with Crippen molar-refractivity contribution in [2.24, 2.45) is 33.0 Å². The SMILES string of the molecule is CC1=C(OC(=O)N2CCN(Cc3ccccc3)CC2)C(=O)C=C2C1=CC=C1[C@@]2(C)CC[C@@]2(C)[C@@H]3C[C@](C)(C(=O)OCc4ccccc4)CC[C@]3(C)CC[C@]12C. The van der Waals surface area contributed by atoms with E-state index in [1.165, 1.54) is 11.1 Å². The molecule has 8 rings (SSSR count). The molecule has 6 aliphatic rings. The summed E-state index contributed by atoms with van der Waals surface area (Å²) in [4.78, 5) is 45.3. The molecule has 2 aromatic carbocycles. The number of piperazine rings is 1. The van der Waals surface area contributed by atoms with Crippen LogP contribution in [0.3, 0.4) is 0 Å². The van der Waals surface area contributed by atoms with Crippen LogP contribution in [0, 0.1) is 33.0 Å². The second-order valence-corrected chi connectivity index (χ2v) is 18.8. The maximum Gasteiger partial charge on any atom is 0.415 e. The summed E-state index contributed by atoms with van der Waals surface area (Å²) in [6.07, 6.45) is 12.7. The van der Waals surface area contributed by atoms with E-state index in [0.29, 0.717) is 25.6 Å². The molecule has 290 valence electrons. The van der Waals surface area contributed by atoms with E-state index >= 15 is 0 Å². The number of ether oxygens (including phenoxy) is 2. The zero-order valence-corrected chi connectivity index (χ0v) is 33.7. The van der Waals surface area contributed by atoms with E-state index in [0.717, 1.165) is 86.9 Å². The first kappa shape index (κ1) is 37.7. The van der Waals surface area contributed by atoms with Gasteiger partial charge in [0.15, 0.2) is 5.76 Å². The second kappa shape index (κ2) is 13.8. The van der Waals surface area contributed by atoms with E-state index in [2.05, 4.69) is 75.9 Å². The molecule has 55 heavy (non-hydrogen) atoms. The summed E-state index contributed by atoms with van der Waals surface area (Å²) in [5.41, 5.74) is 5.62. The van der Waals surface area contributed by atoms with Crippen LogP contribution in [0.15, 0.2) is 107 Å². The predicted octanol–water partition coefficient (Wildman–Crippen LogP) is 9.75. The topological polar surface area (TPSA) is 76.2 Å². The van der Waals surface area contributed by atoms with E-state index in [1.807, 2.05) is 43.3 Å². The van der Waals surface area contributed by atoms with Crippen molar-refractivity contribution < 1.29 is 23.9 Å². The second-order valence-electron chi connectivity index (χ2n) is 18.8. The number of carbonyl (C=O) groups is 3. The van der Waals surface area contributed by atoms with E-state index in [1.54, 1.807) is 11.0 Å². The van der Waals surface area contributed by atoms with Crippen LogP contribution in [0.25, 0.3) is 0 Å². The number of hydrogen-bond donors (Lipinski definition) is 0. The lowest BCUT2D eigenvalue weighted by Crippen LogP contribution is -2.62. The molecule has 0 radical (unpaired) electrons. The Balaban J connectivity index is 1.01. The summed E-state index contributed by atoms with van der Waals surface area (Å²) in [6, 6.07) is 20.3. The van der Waals surface area contributed by atoms with Crippen LogP contribution < -0.4 is 0 Å². The molecule has 4 fully saturated rings. The van der Waals surface area contributed by atoms with Gasteiger partial charge in [-0.15, -0.1) is 0 Å². The number of rotatable bonds is 6. The van der Waals surface area contributed by atoms with Crippen LogP contribution in [-0.2, 0) is 32.2 Å². The Morgan fingerprint density at radius 3 is 2.13 bits per heavy atom. The van der Waals surface area contributed by atoms with E-state index in [9.17, 15) is 14.4 Å². The molecule has 1 saturated heterocycles. The molecule has 7 nitrogen and oxygen atoms in total. The molecule has 1 amide bonds. The monoisotopic (exact) mass is 742 g/mol. The van der Waals surface area contributed by atoms with Crippen LogP contribution in [0.2, 0.25) is 0 Å². The molecule has 0 aromatic heterocycles. The number of amides is 1. The summed E-state index contributed by atoms with van der Waals surface area (Å²) in [5.74, 6) is 0.199. The lowest BCUT2D eigenvalue weighted by atomic mass is 9.34. The maximum absolute atomic E-state index is 14.0. The number of benzene rings is 2. The van der Waals surface area contributed by atoms with Gasteiger partial charge in [-0.05, 0) is 109 Å². The number of carbonyl (C=O) groups excluding carboxylic acids is 3. The zero-order chi connectivity index (χ0) is 38.8. The predicted molar refractivity (Wildman–Crippen MR) is 214 cm³/mol. The van der Waals surface area contributed by atoms with Gasteiger partial charge in [-0.1, -0.05) is 106 Å². The molecule has 6 atom stereocenters. The van der Waals surface area contributed by atoms with Crippen LogP contribution in [0.1, 0.15) is 97.6 Å². The van der Waals surface area contributed by atoms with Gasteiger partial charge >= 0.3 is 12.1 Å². The molecule has 0 N–H and O–H groups in total. The van der Waals surface area contributed by atoms with Crippen LogP contribution in [-0.4, -0.2) is 53.8 Å². The molecule has 3 saturated carbocycles. The lowest BCUT2D eigenvalue weighted by molar-refractivity contribution is -0.183. The Labute approximate surface area is 327 Å². The average Bonchev–Trinajstić information content (AvgIpc) is 3.18. The summed E-state index contributed by atoms with van der Waals surface area (Å²) in [6.45, 7) is 17.6. The summed E-state index contributed by atoms with van der Waals surface area (Å²) < 4.78 is 12.0.